The van der Waals surface area contributed by atoms with Crippen molar-refractivity contribution >= 4 is 34.5 Å². The van der Waals surface area contributed by atoms with Gasteiger partial charge < -0.3 is 24.2 Å². The van der Waals surface area contributed by atoms with Gasteiger partial charge in [-0.2, -0.15) is 0 Å². The molecular formula is C19H23N3O5S. The summed E-state index contributed by atoms with van der Waals surface area (Å²) < 4.78 is 11.2. The number of amides is 3. The molecule has 9 heteroatoms. The van der Waals surface area contributed by atoms with Crippen molar-refractivity contribution in [3.63, 3.8) is 0 Å². The van der Waals surface area contributed by atoms with Gasteiger partial charge in [0.25, 0.3) is 11.1 Å². The van der Waals surface area contributed by atoms with E-state index in [-0.39, 0.29) is 30.0 Å². The molecule has 4 rings (SSSR count). The van der Waals surface area contributed by atoms with E-state index in [1.807, 2.05) is 18.2 Å². The Hall–Kier alpha value is -2.26. The molecule has 1 aromatic carbocycles. The van der Waals surface area contributed by atoms with E-state index in [2.05, 4.69) is 0 Å². The Kier molecular flexibility index (Phi) is 5.72. The molecule has 150 valence electrons. The van der Waals surface area contributed by atoms with Gasteiger partial charge in [0, 0.05) is 38.4 Å². The van der Waals surface area contributed by atoms with Crippen LogP contribution in [0.1, 0.15) is 6.42 Å². The maximum atomic E-state index is 12.9. The third kappa shape index (κ3) is 3.95. The summed E-state index contributed by atoms with van der Waals surface area (Å²) >= 11 is 1.28. The van der Waals surface area contributed by atoms with E-state index >= 15 is 0 Å². The highest BCUT2D eigenvalue weighted by Crippen LogP contribution is 2.34. The third-order valence-electron chi connectivity index (χ3n) is 5.11. The zero-order chi connectivity index (χ0) is 19.5. The Morgan fingerprint density at radius 3 is 2.68 bits per heavy atom. The van der Waals surface area contributed by atoms with Crippen molar-refractivity contribution in [3.05, 3.63) is 24.3 Å². The normalized spacial score (nSPS) is 22.1. The predicted molar refractivity (Wildman–Crippen MR) is 105 cm³/mol. The number of thioether (sulfide) groups is 1. The van der Waals surface area contributed by atoms with Gasteiger partial charge in [0.05, 0.1) is 25.4 Å². The van der Waals surface area contributed by atoms with Crippen LogP contribution in [0.25, 0.3) is 0 Å². The number of fused-ring (bicyclic) bond motifs is 1. The van der Waals surface area contributed by atoms with Crippen LogP contribution < -0.4 is 9.64 Å². The largest absolute Gasteiger partial charge is 0.476 e. The molecule has 1 atom stereocenters. The highest BCUT2D eigenvalue weighted by Gasteiger charge is 2.36. The molecule has 0 aliphatic carbocycles. The first-order chi connectivity index (χ1) is 13.6. The van der Waals surface area contributed by atoms with Crippen LogP contribution in [0.5, 0.6) is 5.75 Å². The second-order valence-electron chi connectivity index (χ2n) is 6.87. The standard InChI is InChI=1S/C19H23N3O5S/c23-17(5-6-21-9-12-28-19(21)25)22-13-16(18(24)20-7-10-26-11-8-20)27-15-4-2-1-3-14(15)22/h1-4,16H,5-13H2. The number of carbonyl (C=O) groups excluding carboxylic acids is 3. The molecule has 1 unspecified atom stereocenters. The maximum absolute atomic E-state index is 12.9. The van der Waals surface area contributed by atoms with Gasteiger partial charge in [-0.3, -0.25) is 14.4 Å². The molecular weight excluding hydrogens is 382 g/mol. The highest BCUT2D eigenvalue weighted by atomic mass is 32.2. The summed E-state index contributed by atoms with van der Waals surface area (Å²) in [6.07, 6.45) is -0.514. The molecule has 2 saturated heterocycles. The van der Waals surface area contributed by atoms with Gasteiger partial charge in [-0.05, 0) is 12.1 Å². The van der Waals surface area contributed by atoms with E-state index in [4.69, 9.17) is 9.47 Å². The fourth-order valence-electron chi connectivity index (χ4n) is 3.58. The van der Waals surface area contributed by atoms with E-state index in [0.717, 1.165) is 5.75 Å². The minimum absolute atomic E-state index is 0.0237. The Bertz CT molecular complexity index is 768. The van der Waals surface area contributed by atoms with Gasteiger partial charge in [0.15, 0.2) is 6.10 Å². The number of ether oxygens (including phenoxy) is 2. The van der Waals surface area contributed by atoms with E-state index in [1.165, 1.54) is 11.8 Å². The monoisotopic (exact) mass is 405 g/mol. The van der Waals surface area contributed by atoms with Crippen molar-refractivity contribution in [2.75, 3.05) is 56.6 Å². The summed E-state index contributed by atoms with van der Waals surface area (Å²) in [5.74, 6) is 1.06. The fourth-order valence-corrected chi connectivity index (χ4v) is 4.43. The Labute approximate surface area is 167 Å². The lowest BCUT2D eigenvalue weighted by molar-refractivity contribution is -0.142. The number of morpholine rings is 1. The molecule has 2 fully saturated rings. The molecule has 0 spiro atoms. The van der Waals surface area contributed by atoms with Crippen LogP contribution >= 0.6 is 11.8 Å². The molecule has 3 aliphatic rings. The van der Waals surface area contributed by atoms with Gasteiger partial charge in [0.2, 0.25) is 5.91 Å². The van der Waals surface area contributed by atoms with Crippen molar-refractivity contribution in [3.8, 4) is 5.75 Å². The van der Waals surface area contributed by atoms with E-state index < -0.39 is 6.10 Å². The number of anilines is 1. The summed E-state index contributed by atoms with van der Waals surface area (Å²) in [6.45, 7) is 3.33. The molecule has 8 nitrogen and oxygen atoms in total. The molecule has 1 aromatic rings. The number of rotatable bonds is 4. The minimum Gasteiger partial charge on any atom is -0.476 e. The van der Waals surface area contributed by atoms with Gasteiger partial charge in [-0.25, -0.2) is 0 Å². The van der Waals surface area contributed by atoms with Crippen LogP contribution in [-0.2, 0) is 14.3 Å². The highest BCUT2D eigenvalue weighted by molar-refractivity contribution is 8.13. The fraction of sp³-hybridized carbons (Fsp3) is 0.526. The first kappa shape index (κ1) is 19.1. The summed E-state index contributed by atoms with van der Waals surface area (Å²) in [6, 6.07) is 7.25. The summed E-state index contributed by atoms with van der Waals surface area (Å²) in [5, 5.41) is 0.0237. The molecule has 0 saturated carbocycles. The van der Waals surface area contributed by atoms with Crippen LogP contribution in [0, 0.1) is 0 Å². The number of carbonyl (C=O) groups is 3. The average Bonchev–Trinajstić information content (AvgIpc) is 3.16. The predicted octanol–water partition coefficient (Wildman–Crippen LogP) is 1.20. The number of hydrogen-bond donors (Lipinski definition) is 0. The van der Waals surface area contributed by atoms with Crippen LogP contribution in [0.4, 0.5) is 10.5 Å². The Morgan fingerprint density at radius 1 is 1.14 bits per heavy atom. The molecule has 0 bridgehead atoms. The lowest BCUT2D eigenvalue weighted by Crippen LogP contribution is -2.54. The van der Waals surface area contributed by atoms with Crippen molar-refractivity contribution in [1.29, 1.82) is 0 Å². The van der Waals surface area contributed by atoms with Crippen LogP contribution in [0.2, 0.25) is 0 Å². The van der Waals surface area contributed by atoms with E-state index in [1.54, 1.807) is 20.8 Å². The topological polar surface area (TPSA) is 79.4 Å². The summed E-state index contributed by atoms with van der Waals surface area (Å²) in [7, 11) is 0. The zero-order valence-corrected chi connectivity index (χ0v) is 16.4. The summed E-state index contributed by atoms with van der Waals surface area (Å²) in [5.41, 5.74) is 0.667. The lowest BCUT2D eigenvalue weighted by Gasteiger charge is -2.37. The van der Waals surface area contributed by atoms with Gasteiger partial charge in [-0.15, -0.1) is 0 Å². The smallest absolute Gasteiger partial charge is 0.281 e. The molecule has 3 amide bonds. The van der Waals surface area contributed by atoms with E-state index in [9.17, 15) is 14.4 Å². The molecule has 28 heavy (non-hydrogen) atoms. The van der Waals surface area contributed by atoms with Gasteiger partial charge >= 0.3 is 0 Å². The molecule has 0 N–H and O–H groups in total. The van der Waals surface area contributed by atoms with Crippen molar-refractivity contribution in [2.24, 2.45) is 0 Å². The quantitative estimate of drug-likeness (QED) is 0.749. The average molecular weight is 405 g/mol. The number of para-hydroxylation sites is 2. The van der Waals surface area contributed by atoms with Gasteiger partial charge in [-0.1, -0.05) is 23.9 Å². The van der Waals surface area contributed by atoms with Crippen LogP contribution in [0.3, 0.4) is 0 Å². The first-order valence-electron chi connectivity index (χ1n) is 9.48. The summed E-state index contributed by atoms with van der Waals surface area (Å²) in [4.78, 5) is 42.7. The first-order valence-corrected chi connectivity index (χ1v) is 10.5. The number of hydrogen-bond acceptors (Lipinski definition) is 6. The van der Waals surface area contributed by atoms with Crippen LogP contribution in [0.15, 0.2) is 24.3 Å². The van der Waals surface area contributed by atoms with Crippen molar-refractivity contribution in [2.45, 2.75) is 12.5 Å². The number of nitrogens with zero attached hydrogens (tertiary/aromatic N) is 3. The van der Waals surface area contributed by atoms with Crippen molar-refractivity contribution < 1.29 is 23.9 Å². The third-order valence-corrected chi connectivity index (χ3v) is 6.01. The lowest BCUT2D eigenvalue weighted by atomic mass is 10.1. The molecule has 0 radical (unpaired) electrons. The second-order valence-corrected chi connectivity index (χ2v) is 7.91. The van der Waals surface area contributed by atoms with Crippen molar-refractivity contribution in [1.82, 2.24) is 9.80 Å². The molecule has 3 heterocycles. The molecule has 3 aliphatic heterocycles. The second kappa shape index (κ2) is 8.40. The SMILES string of the molecule is O=C1SCCN1CCC(=O)N1CC(C(=O)N2CCOCC2)Oc2ccccc21. The Morgan fingerprint density at radius 2 is 1.93 bits per heavy atom. The maximum Gasteiger partial charge on any atom is 0.281 e. The number of benzene rings is 1. The van der Waals surface area contributed by atoms with Gasteiger partial charge in [0.1, 0.15) is 5.75 Å². The Balaban J connectivity index is 1.47. The molecule has 0 aromatic heterocycles. The van der Waals surface area contributed by atoms with Crippen LogP contribution in [-0.4, -0.2) is 84.6 Å². The van der Waals surface area contributed by atoms with E-state index in [0.29, 0.717) is 50.8 Å². The zero-order valence-electron chi connectivity index (χ0n) is 15.5. The minimum atomic E-state index is -0.735.